The fourth-order valence-corrected chi connectivity index (χ4v) is 7.49. The van der Waals surface area contributed by atoms with E-state index in [1.165, 1.54) is 15.9 Å². The van der Waals surface area contributed by atoms with Gasteiger partial charge in [-0.2, -0.15) is 0 Å². The third kappa shape index (κ3) is 3.10. The van der Waals surface area contributed by atoms with E-state index >= 15 is 0 Å². The highest BCUT2D eigenvalue weighted by molar-refractivity contribution is 7.94. The van der Waals surface area contributed by atoms with E-state index < -0.39 is 6.89 Å². The topological polar surface area (TPSA) is 30.7 Å². The zero-order chi connectivity index (χ0) is 19.5. The Balaban J connectivity index is 1.93. The number of para-hydroxylation sites is 1. The van der Waals surface area contributed by atoms with Crippen LogP contribution in [0.1, 0.15) is 0 Å². The van der Waals surface area contributed by atoms with Gasteiger partial charge >= 0.3 is 0 Å². The van der Waals surface area contributed by atoms with Gasteiger partial charge < -0.3 is 0 Å². The first-order valence-electron chi connectivity index (χ1n) is 9.59. The Labute approximate surface area is 170 Å². The van der Waals surface area contributed by atoms with E-state index in [0.717, 1.165) is 11.0 Å². The molecule has 0 atom stereocenters. The van der Waals surface area contributed by atoms with Gasteiger partial charge in [0.25, 0.3) is 0 Å². The second-order valence-electron chi connectivity index (χ2n) is 6.87. The molecular formula is C25H20N3P. The first kappa shape index (κ1) is 17.7. The standard InChI is InChI=1S/C25H20N3P/c1-4-12-21(13-5-1)29(22-14-6-2-7-15-22,23-16-8-3-9-17-23)20-28-25-19-11-10-18-24(25)26-27-28/h1-20H. The first-order chi connectivity index (χ1) is 14.4. The maximum atomic E-state index is 4.50. The van der Waals surface area contributed by atoms with Gasteiger partial charge in [-0.25, -0.2) is 4.68 Å². The average molecular weight is 393 g/mol. The molecule has 3 nitrogen and oxygen atoms in total. The van der Waals surface area contributed by atoms with E-state index in [1.54, 1.807) is 0 Å². The monoisotopic (exact) mass is 393 g/mol. The Kier molecular flexibility index (Phi) is 4.59. The van der Waals surface area contributed by atoms with Crippen molar-refractivity contribution in [1.29, 1.82) is 0 Å². The van der Waals surface area contributed by atoms with Crippen LogP contribution >= 0.6 is 6.89 Å². The van der Waals surface area contributed by atoms with Crippen LogP contribution in [0, 0.1) is 0 Å². The van der Waals surface area contributed by atoms with Gasteiger partial charge in [0.15, 0.2) is 0 Å². The molecule has 140 valence electrons. The summed E-state index contributed by atoms with van der Waals surface area (Å²) in [5.74, 6) is 2.29. The van der Waals surface area contributed by atoms with Gasteiger partial charge in [-0.3, -0.25) is 0 Å². The summed E-state index contributed by atoms with van der Waals surface area (Å²) in [7, 11) is 0. The molecule has 0 aliphatic rings. The maximum Gasteiger partial charge on any atom is 0.113 e. The van der Waals surface area contributed by atoms with Gasteiger partial charge in [-0.15, -0.1) is 5.10 Å². The molecule has 0 aliphatic heterocycles. The largest absolute Gasteiger partial charge is 0.219 e. The van der Waals surface area contributed by atoms with Crippen molar-refractivity contribution in [2.45, 2.75) is 0 Å². The summed E-state index contributed by atoms with van der Waals surface area (Å²) in [5, 5.41) is 12.7. The highest BCUT2D eigenvalue weighted by Crippen LogP contribution is 2.43. The lowest BCUT2D eigenvalue weighted by atomic mass is 10.3. The molecule has 5 aromatic rings. The Bertz CT molecular complexity index is 1190. The normalized spacial score (nSPS) is 11.4. The van der Waals surface area contributed by atoms with Crippen LogP contribution in [0.25, 0.3) is 11.0 Å². The molecule has 0 saturated heterocycles. The van der Waals surface area contributed by atoms with Gasteiger partial charge in [-0.05, 0) is 34.9 Å². The van der Waals surface area contributed by atoms with Crippen LogP contribution in [0.5, 0.6) is 0 Å². The maximum absolute atomic E-state index is 4.50. The Morgan fingerprint density at radius 1 is 0.552 bits per heavy atom. The van der Waals surface area contributed by atoms with Crippen LogP contribution in [-0.4, -0.2) is 20.9 Å². The van der Waals surface area contributed by atoms with E-state index in [9.17, 15) is 0 Å². The Hall–Kier alpha value is -3.42. The van der Waals surface area contributed by atoms with Crippen LogP contribution in [0.4, 0.5) is 0 Å². The quantitative estimate of drug-likeness (QED) is 0.432. The lowest BCUT2D eigenvalue weighted by Crippen LogP contribution is -2.28. The molecule has 0 aliphatic carbocycles. The Morgan fingerprint density at radius 2 is 1.00 bits per heavy atom. The molecule has 0 amide bonds. The van der Waals surface area contributed by atoms with E-state index in [2.05, 4.69) is 113 Å². The number of nitrogens with zero attached hydrogens (tertiary/aromatic N) is 3. The molecule has 4 heteroatoms. The fourth-order valence-electron chi connectivity index (χ4n) is 3.77. The zero-order valence-electron chi connectivity index (χ0n) is 15.8. The highest BCUT2D eigenvalue weighted by Gasteiger charge is 2.26. The van der Waals surface area contributed by atoms with E-state index in [0.29, 0.717) is 0 Å². The van der Waals surface area contributed by atoms with Gasteiger partial charge in [0.05, 0.1) is 5.52 Å². The molecule has 0 fully saturated rings. The second-order valence-corrected chi connectivity index (χ2v) is 10.1. The van der Waals surface area contributed by atoms with Crippen LogP contribution in [0.15, 0.2) is 115 Å². The molecule has 29 heavy (non-hydrogen) atoms. The minimum absolute atomic E-state index is 0.899. The third-order valence-electron chi connectivity index (χ3n) is 5.15. The summed E-state index contributed by atoms with van der Waals surface area (Å²) in [6, 6.07) is 40.3. The lowest BCUT2D eigenvalue weighted by molar-refractivity contribution is 0.883. The SMILES string of the molecule is C(n1nnc2ccccc21)=P(c1ccccc1)(c1ccccc1)c1ccccc1. The first-order valence-corrected chi connectivity index (χ1v) is 11.5. The van der Waals surface area contributed by atoms with Crippen molar-refractivity contribution in [3.05, 3.63) is 115 Å². The molecular weight excluding hydrogens is 373 g/mol. The molecule has 0 radical (unpaired) electrons. The summed E-state index contributed by atoms with van der Waals surface area (Å²) >= 11 is 0. The van der Waals surface area contributed by atoms with Gasteiger partial charge in [0.1, 0.15) is 5.52 Å². The summed E-state index contributed by atoms with van der Waals surface area (Å²) in [6.45, 7) is -2.11. The average Bonchev–Trinajstić information content (AvgIpc) is 3.22. The van der Waals surface area contributed by atoms with Crippen molar-refractivity contribution in [1.82, 2.24) is 15.0 Å². The predicted molar refractivity (Wildman–Crippen MR) is 124 cm³/mol. The second kappa shape index (κ2) is 7.54. The molecule has 1 aromatic heterocycles. The van der Waals surface area contributed by atoms with Crippen LogP contribution in [0.3, 0.4) is 0 Å². The number of fused-ring (bicyclic) bond motifs is 1. The molecule has 0 spiro atoms. The third-order valence-corrected chi connectivity index (χ3v) is 9.05. The van der Waals surface area contributed by atoms with Crippen molar-refractivity contribution < 1.29 is 0 Å². The van der Waals surface area contributed by atoms with Crippen molar-refractivity contribution in [2.24, 2.45) is 0 Å². The highest BCUT2D eigenvalue weighted by atomic mass is 31.2. The van der Waals surface area contributed by atoms with Crippen LogP contribution in [-0.2, 0) is 0 Å². The number of hydrogen-bond donors (Lipinski definition) is 0. The predicted octanol–water partition coefficient (Wildman–Crippen LogP) is 4.03. The molecule has 1 heterocycles. The van der Waals surface area contributed by atoms with Gasteiger partial charge in [0.2, 0.25) is 0 Å². The molecule has 0 N–H and O–H groups in total. The number of aromatic nitrogens is 3. The van der Waals surface area contributed by atoms with Crippen molar-refractivity contribution in [3.63, 3.8) is 0 Å². The number of hydrogen-bond acceptors (Lipinski definition) is 2. The Morgan fingerprint density at radius 3 is 1.52 bits per heavy atom. The molecule has 0 unspecified atom stereocenters. The van der Waals surface area contributed by atoms with Crippen molar-refractivity contribution >= 4 is 39.8 Å². The van der Waals surface area contributed by atoms with Crippen LogP contribution in [0.2, 0.25) is 0 Å². The van der Waals surface area contributed by atoms with Crippen molar-refractivity contribution in [3.8, 4) is 0 Å². The minimum Gasteiger partial charge on any atom is -0.219 e. The molecule has 4 aromatic carbocycles. The molecule has 0 bridgehead atoms. The number of benzene rings is 4. The summed E-state index contributed by atoms with van der Waals surface area (Å²) in [6.07, 6.45) is 0. The van der Waals surface area contributed by atoms with Gasteiger partial charge in [-0.1, -0.05) is 108 Å². The van der Waals surface area contributed by atoms with Gasteiger partial charge in [0, 0.05) is 5.92 Å². The summed E-state index contributed by atoms with van der Waals surface area (Å²) in [5.41, 5.74) is 1.91. The minimum atomic E-state index is -2.11. The smallest absolute Gasteiger partial charge is 0.113 e. The molecule has 0 saturated carbocycles. The molecule has 5 rings (SSSR count). The summed E-state index contributed by atoms with van der Waals surface area (Å²) < 4.78 is 1.95. The van der Waals surface area contributed by atoms with E-state index in [-0.39, 0.29) is 0 Å². The lowest BCUT2D eigenvalue weighted by Gasteiger charge is -2.28. The van der Waals surface area contributed by atoms with Crippen LogP contribution < -0.4 is 15.9 Å². The van der Waals surface area contributed by atoms with E-state index in [1.807, 2.05) is 22.9 Å². The van der Waals surface area contributed by atoms with Crippen molar-refractivity contribution in [2.75, 3.05) is 0 Å². The fraction of sp³-hybridized carbons (Fsp3) is 0. The zero-order valence-corrected chi connectivity index (χ0v) is 16.7. The number of rotatable bonds is 4. The van der Waals surface area contributed by atoms with E-state index in [4.69, 9.17) is 0 Å². The summed E-state index contributed by atoms with van der Waals surface area (Å²) in [4.78, 5) is 0.